The highest BCUT2D eigenvalue weighted by molar-refractivity contribution is 6.06. The van der Waals surface area contributed by atoms with Gasteiger partial charge < -0.3 is 32.2 Å². The van der Waals surface area contributed by atoms with E-state index in [1.54, 1.807) is 84.9 Å². The summed E-state index contributed by atoms with van der Waals surface area (Å²) in [5.41, 5.74) is 16.2. The first-order valence-corrected chi connectivity index (χ1v) is 10.5. The predicted octanol–water partition coefficient (Wildman–Crippen LogP) is 5.20. The van der Waals surface area contributed by atoms with Crippen LogP contribution in [0, 0.1) is 0 Å². The maximum Gasteiger partial charge on any atom is 0.255 e. The Labute approximate surface area is 195 Å². The summed E-state index contributed by atoms with van der Waals surface area (Å²) in [6, 6.07) is 24.1. The molecule has 8 nitrogen and oxygen atoms in total. The second-order valence-corrected chi connectivity index (χ2v) is 7.80. The van der Waals surface area contributed by atoms with Gasteiger partial charge in [0.05, 0.1) is 11.4 Å². The van der Waals surface area contributed by atoms with Gasteiger partial charge in [0.15, 0.2) is 11.5 Å². The molecule has 0 atom stereocenters. The molecule has 8 heteroatoms. The smallest absolute Gasteiger partial charge is 0.255 e. The average Bonchev–Trinajstić information content (AvgIpc) is 2.84. The highest BCUT2D eigenvalue weighted by Gasteiger charge is 2.20. The molecule has 0 aliphatic carbocycles. The average molecular weight is 451 g/mol. The van der Waals surface area contributed by atoms with Gasteiger partial charge in [-0.2, -0.15) is 0 Å². The summed E-state index contributed by atoms with van der Waals surface area (Å²) in [5, 5.41) is 8.93. The summed E-state index contributed by atoms with van der Waals surface area (Å²) in [5.74, 6) is 0.402. The van der Waals surface area contributed by atoms with Gasteiger partial charge in [-0.1, -0.05) is 0 Å². The number of carbonyl (C=O) groups excluding carboxylic acids is 2. The molecule has 4 aromatic carbocycles. The number of nitrogens with two attached hydrogens (primary N) is 2. The SMILES string of the molecule is Nc1ccc(NC(=O)c2ccc3c(c2)Oc2cc(C(=O)Nc4ccc(N)cc4)ccc2N3)cc1. The minimum atomic E-state index is -0.279. The van der Waals surface area contributed by atoms with Crippen LogP contribution in [0.15, 0.2) is 84.9 Å². The Balaban J connectivity index is 1.33. The first kappa shape index (κ1) is 20.9. The number of anilines is 6. The second kappa shape index (κ2) is 8.51. The van der Waals surface area contributed by atoms with Crippen LogP contribution in [0.3, 0.4) is 0 Å². The molecule has 0 bridgehead atoms. The van der Waals surface area contributed by atoms with E-state index in [2.05, 4.69) is 16.0 Å². The summed E-state index contributed by atoms with van der Waals surface area (Å²) in [6.07, 6.45) is 0. The fraction of sp³-hybridized carbons (Fsp3) is 0. The van der Waals surface area contributed by atoms with Crippen molar-refractivity contribution in [2.24, 2.45) is 0 Å². The number of hydrogen-bond acceptors (Lipinski definition) is 6. The number of carbonyl (C=O) groups is 2. The molecule has 0 spiro atoms. The minimum Gasteiger partial charge on any atom is -0.453 e. The predicted molar refractivity (Wildman–Crippen MR) is 134 cm³/mol. The molecule has 34 heavy (non-hydrogen) atoms. The van der Waals surface area contributed by atoms with Gasteiger partial charge in [-0.25, -0.2) is 0 Å². The number of fused-ring (bicyclic) bond motifs is 2. The molecule has 2 amide bonds. The Morgan fingerprint density at radius 3 is 1.44 bits per heavy atom. The zero-order valence-corrected chi connectivity index (χ0v) is 18.0. The second-order valence-electron chi connectivity index (χ2n) is 7.80. The molecule has 4 aromatic rings. The summed E-state index contributed by atoms with van der Waals surface area (Å²) in [7, 11) is 0. The van der Waals surface area contributed by atoms with Gasteiger partial charge in [-0.05, 0) is 84.9 Å². The van der Waals surface area contributed by atoms with Gasteiger partial charge in [0.25, 0.3) is 11.8 Å². The van der Waals surface area contributed by atoms with Crippen molar-refractivity contribution < 1.29 is 14.3 Å². The van der Waals surface area contributed by atoms with Crippen molar-refractivity contribution in [2.75, 3.05) is 27.4 Å². The minimum absolute atomic E-state index is 0.279. The molecule has 0 radical (unpaired) electrons. The van der Waals surface area contributed by atoms with Crippen LogP contribution in [-0.2, 0) is 0 Å². The van der Waals surface area contributed by atoms with Gasteiger partial charge in [0, 0.05) is 33.9 Å². The number of nitrogen functional groups attached to an aromatic ring is 2. The summed E-state index contributed by atoms with van der Waals surface area (Å²) < 4.78 is 6.04. The molecule has 1 aliphatic heterocycles. The van der Waals surface area contributed by atoms with Crippen LogP contribution in [0.25, 0.3) is 0 Å². The lowest BCUT2D eigenvalue weighted by Gasteiger charge is -2.22. The van der Waals surface area contributed by atoms with Crippen LogP contribution in [0.4, 0.5) is 34.1 Å². The highest BCUT2D eigenvalue weighted by atomic mass is 16.5. The summed E-state index contributed by atoms with van der Waals surface area (Å²) in [4.78, 5) is 25.4. The molecular weight excluding hydrogens is 430 g/mol. The van der Waals surface area contributed by atoms with Gasteiger partial charge in [0.1, 0.15) is 0 Å². The molecule has 0 fully saturated rings. The standard InChI is InChI=1S/C26H21N5O3/c27-17-3-7-19(8-4-17)29-25(32)15-1-11-21-23(13-15)34-24-14-16(2-12-22(24)31-21)26(33)30-20-9-5-18(28)6-10-20/h1-14,31H,27-28H2,(H,29,32)(H,30,33). The van der Waals surface area contributed by atoms with Crippen molar-refractivity contribution in [1.82, 2.24) is 0 Å². The molecule has 5 rings (SSSR count). The number of amides is 2. The van der Waals surface area contributed by atoms with Gasteiger partial charge in [-0.15, -0.1) is 0 Å². The fourth-order valence-electron chi connectivity index (χ4n) is 3.51. The van der Waals surface area contributed by atoms with E-state index in [4.69, 9.17) is 16.2 Å². The number of rotatable bonds is 4. The van der Waals surface area contributed by atoms with Crippen LogP contribution in [0.1, 0.15) is 20.7 Å². The van der Waals surface area contributed by atoms with E-state index in [9.17, 15) is 9.59 Å². The molecule has 168 valence electrons. The zero-order chi connectivity index (χ0) is 23.7. The van der Waals surface area contributed by atoms with Crippen LogP contribution >= 0.6 is 0 Å². The number of ether oxygens (including phenoxy) is 1. The van der Waals surface area contributed by atoms with Crippen molar-refractivity contribution in [3.05, 3.63) is 96.1 Å². The maximum atomic E-state index is 12.7. The first-order valence-electron chi connectivity index (χ1n) is 10.5. The van der Waals surface area contributed by atoms with Gasteiger partial charge in [-0.3, -0.25) is 9.59 Å². The largest absolute Gasteiger partial charge is 0.453 e. The number of nitrogens with one attached hydrogen (secondary N) is 3. The fourth-order valence-corrected chi connectivity index (χ4v) is 3.51. The number of benzene rings is 4. The Morgan fingerprint density at radius 2 is 1.03 bits per heavy atom. The van der Waals surface area contributed by atoms with Gasteiger partial charge >= 0.3 is 0 Å². The van der Waals surface area contributed by atoms with Crippen LogP contribution in [-0.4, -0.2) is 11.8 Å². The van der Waals surface area contributed by atoms with Crippen molar-refractivity contribution in [1.29, 1.82) is 0 Å². The van der Waals surface area contributed by atoms with Crippen molar-refractivity contribution >= 4 is 45.9 Å². The molecule has 0 aromatic heterocycles. The van der Waals surface area contributed by atoms with E-state index >= 15 is 0 Å². The molecule has 1 heterocycles. The van der Waals surface area contributed by atoms with Crippen molar-refractivity contribution in [2.45, 2.75) is 0 Å². The molecule has 0 unspecified atom stereocenters. The Kier molecular flexibility index (Phi) is 5.23. The molecule has 7 N–H and O–H groups in total. The molecule has 0 saturated heterocycles. The third-order valence-corrected chi connectivity index (χ3v) is 5.31. The van der Waals surface area contributed by atoms with E-state index in [1.807, 2.05) is 0 Å². The number of hydrogen-bond donors (Lipinski definition) is 5. The third-order valence-electron chi connectivity index (χ3n) is 5.31. The normalized spacial score (nSPS) is 11.3. The third kappa shape index (κ3) is 4.33. The van der Waals surface area contributed by atoms with E-state index < -0.39 is 0 Å². The topological polar surface area (TPSA) is 131 Å². The van der Waals surface area contributed by atoms with E-state index in [1.165, 1.54) is 0 Å². The molecule has 0 saturated carbocycles. The molecular formula is C26H21N5O3. The Bertz CT molecular complexity index is 1290. The Morgan fingerprint density at radius 1 is 0.618 bits per heavy atom. The first-order chi connectivity index (χ1) is 16.4. The lowest BCUT2D eigenvalue weighted by molar-refractivity contribution is 0.101. The Hall–Kier alpha value is -4.98. The van der Waals surface area contributed by atoms with E-state index in [-0.39, 0.29) is 11.8 Å². The molecule has 1 aliphatic rings. The zero-order valence-electron chi connectivity index (χ0n) is 18.0. The van der Waals surface area contributed by atoms with Crippen molar-refractivity contribution in [3.8, 4) is 11.5 Å². The lowest BCUT2D eigenvalue weighted by atomic mass is 10.1. The summed E-state index contributed by atoms with van der Waals surface area (Å²) in [6.45, 7) is 0. The van der Waals surface area contributed by atoms with E-state index in [0.29, 0.717) is 45.4 Å². The lowest BCUT2D eigenvalue weighted by Crippen LogP contribution is -2.14. The van der Waals surface area contributed by atoms with E-state index in [0.717, 1.165) is 11.4 Å². The van der Waals surface area contributed by atoms with Crippen LogP contribution in [0.5, 0.6) is 11.5 Å². The summed E-state index contributed by atoms with van der Waals surface area (Å²) >= 11 is 0. The maximum absolute atomic E-state index is 12.7. The van der Waals surface area contributed by atoms with Crippen LogP contribution < -0.4 is 32.2 Å². The monoisotopic (exact) mass is 451 g/mol. The quantitative estimate of drug-likeness (QED) is 0.239. The highest BCUT2D eigenvalue weighted by Crippen LogP contribution is 2.42. The van der Waals surface area contributed by atoms with Crippen molar-refractivity contribution in [3.63, 3.8) is 0 Å². The van der Waals surface area contributed by atoms with Gasteiger partial charge in [0.2, 0.25) is 0 Å². The van der Waals surface area contributed by atoms with Crippen LogP contribution in [0.2, 0.25) is 0 Å².